The highest BCUT2D eigenvalue weighted by molar-refractivity contribution is 8.00. The van der Waals surface area contributed by atoms with Crippen LogP contribution in [0.4, 0.5) is 0 Å². The zero-order valence-electron chi connectivity index (χ0n) is 10.5. The predicted molar refractivity (Wildman–Crippen MR) is 75.2 cm³/mol. The Bertz CT molecular complexity index is 529. The minimum absolute atomic E-state index is 0.189. The molecule has 0 saturated carbocycles. The molecule has 2 rings (SSSR count). The highest BCUT2D eigenvalue weighted by Gasteiger charge is 2.15. The molecule has 0 fully saturated rings. The fourth-order valence-corrected chi connectivity index (χ4v) is 2.86. The van der Waals surface area contributed by atoms with E-state index in [1.165, 1.54) is 10.3 Å². The number of aromatic nitrogens is 1. The highest BCUT2D eigenvalue weighted by Crippen LogP contribution is 2.36. The summed E-state index contributed by atoms with van der Waals surface area (Å²) in [4.78, 5) is 5.72. The third-order valence-corrected chi connectivity index (χ3v) is 3.62. The van der Waals surface area contributed by atoms with Crippen molar-refractivity contribution in [1.82, 2.24) is 4.98 Å². The molecule has 0 amide bonds. The normalized spacial score (nSPS) is 12.0. The minimum atomic E-state index is 0.189. The molecule has 0 radical (unpaired) electrons. The zero-order chi connectivity index (χ0) is 12.5. The molecule has 3 heteroatoms. The van der Waals surface area contributed by atoms with Gasteiger partial charge < -0.3 is 5.73 Å². The average Bonchev–Trinajstić information content (AvgIpc) is 2.27. The number of rotatable bonds is 2. The summed E-state index contributed by atoms with van der Waals surface area (Å²) in [5.74, 6) is 0. The van der Waals surface area contributed by atoms with Gasteiger partial charge in [-0.25, -0.2) is 0 Å². The summed E-state index contributed by atoms with van der Waals surface area (Å²) in [7, 11) is 0. The standard InChI is InChI=1S/C14H18N2S/c1-14(2,3)17-12-6-4-5-11-10(9-15)7-8-16-13(11)12/h4-8H,9,15H2,1-3H3. The van der Waals surface area contributed by atoms with Gasteiger partial charge in [-0.3, -0.25) is 4.98 Å². The predicted octanol–water partition coefficient (Wildman–Crippen LogP) is 3.58. The van der Waals surface area contributed by atoms with Crippen molar-refractivity contribution in [3.8, 4) is 0 Å². The van der Waals surface area contributed by atoms with E-state index in [4.69, 9.17) is 5.73 Å². The van der Waals surface area contributed by atoms with Crippen molar-refractivity contribution in [3.63, 3.8) is 0 Å². The van der Waals surface area contributed by atoms with Crippen LogP contribution in [0.2, 0.25) is 0 Å². The van der Waals surface area contributed by atoms with Gasteiger partial charge in [0.15, 0.2) is 0 Å². The first kappa shape index (κ1) is 12.4. The number of para-hydroxylation sites is 1. The van der Waals surface area contributed by atoms with E-state index in [1.54, 1.807) is 0 Å². The Morgan fingerprint density at radius 3 is 2.65 bits per heavy atom. The Morgan fingerprint density at radius 2 is 2.00 bits per heavy atom. The molecule has 0 unspecified atom stereocenters. The van der Waals surface area contributed by atoms with Crippen LogP contribution in [0.3, 0.4) is 0 Å². The van der Waals surface area contributed by atoms with Crippen LogP contribution in [0.15, 0.2) is 35.4 Å². The van der Waals surface area contributed by atoms with Gasteiger partial charge in [-0.1, -0.05) is 32.9 Å². The molecule has 2 aromatic rings. The van der Waals surface area contributed by atoms with Crippen LogP contribution in [0, 0.1) is 0 Å². The van der Waals surface area contributed by atoms with E-state index in [1.807, 2.05) is 24.0 Å². The van der Waals surface area contributed by atoms with E-state index in [9.17, 15) is 0 Å². The minimum Gasteiger partial charge on any atom is -0.326 e. The fourth-order valence-electron chi connectivity index (χ4n) is 1.80. The summed E-state index contributed by atoms with van der Waals surface area (Å²) in [6.45, 7) is 7.19. The number of fused-ring (bicyclic) bond motifs is 1. The second-order valence-electron chi connectivity index (χ2n) is 5.04. The maximum Gasteiger partial charge on any atom is 0.0841 e. The van der Waals surface area contributed by atoms with Crippen molar-refractivity contribution < 1.29 is 0 Å². The first-order chi connectivity index (χ1) is 8.01. The van der Waals surface area contributed by atoms with Crippen LogP contribution in [-0.4, -0.2) is 9.73 Å². The van der Waals surface area contributed by atoms with Gasteiger partial charge in [-0.15, -0.1) is 11.8 Å². The van der Waals surface area contributed by atoms with Gasteiger partial charge in [0.05, 0.1) is 5.52 Å². The fraction of sp³-hybridized carbons (Fsp3) is 0.357. The van der Waals surface area contributed by atoms with E-state index in [0.717, 1.165) is 11.1 Å². The SMILES string of the molecule is CC(C)(C)Sc1cccc2c(CN)ccnc12. The van der Waals surface area contributed by atoms with Gasteiger partial charge >= 0.3 is 0 Å². The Labute approximate surface area is 107 Å². The molecule has 0 aliphatic heterocycles. The molecule has 1 aromatic heterocycles. The molecule has 0 saturated heterocycles. The highest BCUT2D eigenvalue weighted by atomic mass is 32.2. The Morgan fingerprint density at radius 1 is 1.24 bits per heavy atom. The van der Waals surface area contributed by atoms with Crippen molar-refractivity contribution in [1.29, 1.82) is 0 Å². The van der Waals surface area contributed by atoms with Crippen LogP contribution in [-0.2, 0) is 6.54 Å². The molecular formula is C14H18N2S. The summed E-state index contributed by atoms with van der Waals surface area (Å²) < 4.78 is 0.189. The molecular weight excluding hydrogens is 228 g/mol. The third kappa shape index (κ3) is 2.79. The topological polar surface area (TPSA) is 38.9 Å². The van der Waals surface area contributed by atoms with E-state index >= 15 is 0 Å². The molecule has 0 aliphatic carbocycles. The van der Waals surface area contributed by atoms with Gasteiger partial charge in [0.2, 0.25) is 0 Å². The van der Waals surface area contributed by atoms with Gasteiger partial charge in [0.1, 0.15) is 0 Å². The summed E-state index contributed by atoms with van der Waals surface area (Å²) in [5, 5.41) is 1.17. The number of nitrogens with two attached hydrogens (primary N) is 1. The lowest BCUT2D eigenvalue weighted by Crippen LogP contribution is -2.07. The number of hydrogen-bond acceptors (Lipinski definition) is 3. The average molecular weight is 246 g/mol. The van der Waals surface area contributed by atoms with Crippen LogP contribution in [0.1, 0.15) is 26.3 Å². The lowest BCUT2D eigenvalue weighted by Gasteiger charge is -2.18. The molecule has 90 valence electrons. The molecule has 0 spiro atoms. The molecule has 1 aromatic carbocycles. The van der Waals surface area contributed by atoms with Crippen molar-refractivity contribution in [2.75, 3.05) is 0 Å². The molecule has 2 nitrogen and oxygen atoms in total. The van der Waals surface area contributed by atoms with E-state index < -0.39 is 0 Å². The maximum atomic E-state index is 5.76. The number of benzene rings is 1. The van der Waals surface area contributed by atoms with Crippen LogP contribution in [0.25, 0.3) is 10.9 Å². The van der Waals surface area contributed by atoms with Crippen LogP contribution >= 0.6 is 11.8 Å². The quantitative estimate of drug-likeness (QED) is 0.823. The van der Waals surface area contributed by atoms with Gasteiger partial charge in [0.25, 0.3) is 0 Å². The second-order valence-corrected chi connectivity index (χ2v) is 6.91. The smallest absolute Gasteiger partial charge is 0.0841 e. The lowest BCUT2D eigenvalue weighted by atomic mass is 10.1. The largest absolute Gasteiger partial charge is 0.326 e. The van der Waals surface area contributed by atoms with E-state index in [2.05, 4.69) is 44.0 Å². The number of hydrogen-bond donors (Lipinski definition) is 1. The zero-order valence-corrected chi connectivity index (χ0v) is 11.3. The summed E-state index contributed by atoms with van der Waals surface area (Å²) in [6, 6.07) is 8.30. The summed E-state index contributed by atoms with van der Waals surface area (Å²) >= 11 is 1.85. The van der Waals surface area contributed by atoms with Crippen molar-refractivity contribution in [2.24, 2.45) is 5.73 Å². The Balaban J connectivity index is 2.58. The van der Waals surface area contributed by atoms with Gasteiger partial charge in [-0.05, 0) is 17.7 Å². The third-order valence-electron chi connectivity index (χ3n) is 2.46. The Kier molecular flexibility index (Phi) is 3.40. The van der Waals surface area contributed by atoms with Crippen molar-refractivity contribution >= 4 is 22.7 Å². The number of pyridine rings is 1. The molecule has 0 aliphatic rings. The number of nitrogens with zero attached hydrogens (tertiary/aromatic N) is 1. The van der Waals surface area contributed by atoms with Gasteiger partial charge in [0, 0.05) is 27.8 Å². The second kappa shape index (κ2) is 4.67. The molecule has 2 N–H and O–H groups in total. The van der Waals surface area contributed by atoms with Crippen LogP contribution < -0.4 is 5.73 Å². The van der Waals surface area contributed by atoms with E-state index in [-0.39, 0.29) is 4.75 Å². The maximum absolute atomic E-state index is 5.76. The van der Waals surface area contributed by atoms with Crippen LogP contribution in [0.5, 0.6) is 0 Å². The lowest BCUT2D eigenvalue weighted by molar-refractivity contribution is 0.803. The summed E-state index contributed by atoms with van der Waals surface area (Å²) in [5.41, 5.74) is 7.98. The van der Waals surface area contributed by atoms with Crippen molar-refractivity contribution in [3.05, 3.63) is 36.0 Å². The molecule has 0 bridgehead atoms. The molecule has 17 heavy (non-hydrogen) atoms. The molecule has 1 heterocycles. The first-order valence-electron chi connectivity index (χ1n) is 5.77. The number of thioether (sulfide) groups is 1. The summed E-state index contributed by atoms with van der Waals surface area (Å²) in [6.07, 6.45) is 1.84. The Hall–Kier alpha value is -1.06. The van der Waals surface area contributed by atoms with Gasteiger partial charge in [-0.2, -0.15) is 0 Å². The van der Waals surface area contributed by atoms with E-state index in [0.29, 0.717) is 6.54 Å². The van der Waals surface area contributed by atoms with Crippen molar-refractivity contribution in [2.45, 2.75) is 37.0 Å². The molecule has 0 atom stereocenters. The first-order valence-corrected chi connectivity index (χ1v) is 6.58. The monoisotopic (exact) mass is 246 g/mol.